The molecular formula is C17H28N4OS. The van der Waals surface area contributed by atoms with E-state index in [0.717, 1.165) is 17.4 Å². The molecule has 3 rings (SSSR count). The maximum Gasteiger partial charge on any atom is 0.233 e. The molecule has 4 atom stereocenters. The summed E-state index contributed by atoms with van der Waals surface area (Å²) in [4.78, 5) is 12.5. The SMILES string of the molecule is C[C@@H]1[C@H](C)CCC[C@H]1NC(=O)[C@@H](C)Sc1nnc(C2CC2)n1C. The minimum Gasteiger partial charge on any atom is -0.352 e. The first-order chi connectivity index (χ1) is 11.0. The van der Waals surface area contributed by atoms with Gasteiger partial charge < -0.3 is 9.88 Å². The number of hydrogen-bond acceptors (Lipinski definition) is 4. The highest BCUT2D eigenvalue weighted by Gasteiger charge is 2.31. The van der Waals surface area contributed by atoms with E-state index in [1.165, 1.54) is 37.4 Å². The average Bonchev–Trinajstić information content (AvgIpc) is 3.30. The van der Waals surface area contributed by atoms with Gasteiger partial charge in [0.2, 0.25) is 5.91 Å². The molecule has 0 radical (unpaired) electrons. The van der Waals surface area contributed by atoms with Crippen LogP contribution in [0.3, 0.4) is 0 Å². The third kappa shape index (κ3) is 3.73. The molecule has 6 heteroatoms. The molecule has 2 saturated carbocycles. The van der Waals surface area contributed by atoms with Crippen molar-refractivity contribution in [3.05, 3.63) is 5.82 Å². The van der Waals surface area contributed by atoms with Crippen LogP contribution in [-0.2, 0) is 11.8 Å². The monoisotopic (exact) mass is 336 g/mol. The van der Waals surface area contributed by atoms with Crippen molar-refractivity contribution in [1.29, 1.82) is 0 Å². The van der Waals surface area contributed by atoms with Gasteiger partial charge in [0.25, 0.3) is 0 Å². The van der Waals surface area contributed by atoms with Gasteiger partial charge in [0, 0.05) is 19.0 Å². The zero-order valence-corrected chi connectivity index (χ0v) is 15.4. The molecule has 1 aromatic rings. The fourth-order valence-electron chi connectivity index (χ4n) is 3.42. The van der Waals surface area contributed by atoms with Crippen LogP contribution in [-0.4, -0.2) is 32.0 Å². The van der Waals surface area contributed by atoms with Gasteiger partial charge in [-0.3, -0.25) is 4.79 Å². The summed E-state index contributed by atoms with van der Waals surface area (Å²) in [6.45, 7) is 6.51. The van der Waals surface area contributed by atoms with E-state index in [9.17, 15) is 4.79 Å². The van der Waals surface area contributed by atoms with Crippen LogP contribution in [0.4, 0.5) is 0 Å². The number of rotatable bonds is 5. The van der Waals surface area contributed by atoms with E-state index in [0.29, 0.717) is 23.8 Å². The van der Waals surface area contributed by atoms with Gasteiger partial charge in [0.15, 0.2) is 5.16 Å². The molecule has 1 heterocycles. The van der Waals surface area contributed by atoms with Crippen molar-refractivity contribution in [2.24, 2.45) is 18.9 Å². The molecule has 0 bridgehead atoms. The Morgan fingerprint density at radius 2 is 2.00 bits per heavy atom. The highest BCUT2D eigenvalue weighted by molar-refractivity contribution is 8.00. The number of thioether (sulfide) groups is 1. The molecule has 1 aromatic heterocycles. The van der Waals surface area contributed by atoms with Gasteiger partial charge >= 0.3 is 0 Å². The summed E-state index contributed by atoms with van der Waals surface area (Å²) < 4.78 is 2.05. The van der Waals surface area contributed by atoms with E-state index in [4.69, 9.17) is 0 Å². The van der Waals surface area contributed by atoms with Gasteiger partial charge in [0.05, 0.1) is 5.25 Å². The van der Waals surface area contributed by atoms with Crippen LogP contribution >= 0.6 is 11.8 Å². The summed E-state index contributed by atoms with van der Waals surface area (Å²) in [7, 11) is 2.01. The van der Waals surface area contributed by atoms with Gasteiger partial charge in [-0.05, 0) is 38.0 Å². The number of aromatic nitrogens is 3. The lowest BCUT2D eigenvalue weighted by Gasteiger charge is -2.35. The van der Waals surface area contributed by atoms with Gasteiger partial charge in [-0.2, -0.15) is 0 Å². The van der Waals surface area contributed by atoms with Crippen LogP contribution in [0.2, 0.25) is 0 Å². The number of amides is 1. The van der Waals surface area contributed by atoms with Crippen molar-refractivity contribution < 1.29 is 4.79 Å². The van der Waals surface area contributed by atoms with E-state index in [1.54, 1.807) is 0 Å². The maximum absolute atomic E-state index is 12.5. The lowest BCUT2D eigenvalue weighted by molar-refractivity contribution is -0.121. The normalized spacial score (nSPS) is 29.3. The lowest BCUT2D eigenvalue weighted by Crippen LogP contribution is -2.46. The zero-order valence-electron chi connectivity index (χ0n) is 14.6. The first-order valence-corrected chi connectivity index (χ1v) is 9.71. The molecule has 128 valence electrons. The second-order valence-electron chi connectivity index (χ2n) is 7.32. The molecule has 5 nitrogen and oxygen atoms in total. The lowest BCUT2D eigenvalue weighted by atomic mass is 9.78. The maximum atomic E-state index is 12.5. The van der Waals surface area contributed by atoms with E-state index in [1.807, 2.05) is 14.0 Å². The molecule has 0 aromatic carbocycles. The number of carbonyl (C=O) groups excluding carboxylic acids is 1. The molecule has 1 N–H and O–H groups in total. The van der Waals surface area contributed by atoms with E-state index in [2.05, 4.69) is 33.9 Å². The highest BCUT2D eigenvalue weighted by atomic mass is 32.2. The minimum atomic E-state index is -0.144. The first-order valence-electron chi connectivity index (χ1n) is 8.83. The quantitative estimate of drug-likeness (QED) is 0.839. The Labute approximate surface area is 143 Å². The Kier molecular flexibility index (Phi) is 4.99. The Morgan fingerprint density at radius 1 is 1.26 bits per heavy atom. The van der Waals surface area contributed by atoms with Crippen LogP contribution in [0.25, 0.3) is 0 Å². The summed E-state index contributed by atoms with van der Waals surface area (Å²) in [6.07, 6.45) is 6.02. The van der Waals surface area contributed by atoms with Crippen molar-refractivity contribution in [2.75, 3.05) is 0 Å². The molecule has 2 aliphatic rings. The van der Waals surface area contributed by atoms with Crippen LogP contribution < -0.4 is 5.32 Å². The van der Waals surface area contributed by atoms with Crippen molar-refractivity contribution in [2.45, 2.75) is 75.2 Å². The minimum absolute atomic E-state index is 0.122. The van der Waals surface area contributed by atoms with Gasteiger partial charge in [-0.1, -0.05) is 38.5 Å². The molecule has 0 spiro atoms. The largest absolute Gasteiger partial charge is 0.352 e. The number of carbonyl (C=O) groups is 1. The zero-order chi connectivity index (χ0) is 16.6. The molecule has 2 fully saturated rings. The summed E-state index contributed by atoms with van der Waals surface area (Å²) in [5, 5.41) is 12.5. The second-order valence-corrected chi connectivity index (χ2v) is 8.62. The molecular weight excluding hydrogens is 308 g/mol. The van der Waals surface area contributed by atoms with E-state index >= 15 is 0 Å². The predicted octanol–water partition coefficient (Wildman–Crippen LogP) is 3.11. The van der Waals surface area contributed by atoms with E-state index in [-0.39, 0.29) is 11.2 Å². The smallest absolute Gasteiger partial charge is 0.233 e. The van der Waals surface area contributed by atoms with Crippen molar-refractivity contribution >= 4 is 17.7 Å². The topological polar surface area (TPSA) is 59.8 Å². The van der Waals surface area contributed by atoms with Crippen molar-refractivity contribution in [3.8, 4) is 0 Å². The van der Waals surface area contributed by atoms with Crippen LogP contribution in [0.5, 0.6) is 0 Å². The van der Waals surface area contributed by atoms with Crippen molar-refractivity contribution in [3.63, 3.8) is 0 Å². The fraction of sp³-hybridized carbons (Fsp3) is 0.824. The van der Waals surface area contributed by atoms with Crippen LogP contribution in [0.15, 0.2) is 5.16 Å². The summed E-state index contributed by atoms with van der Waals surface area (Å²) in [6, 6.07) is 0.316. The van der Waals surface area contributed by atoms with Crippen molar-refractivity contribution in [1.82, 2.24) is 20.1 Å². The Hall–Kier alpha value is -1.04. The van der Waals surface area contributed by atoms with Gasteiger partial charge in [-0.25, -0.2) is 0 Å². The number of nitrogens with zero attached hydrogens (tertiary/aromatic N) is 3. The molecule has 0 saturated heterocycles. The Balaban J connectivity index is 1.57. The third-order valence-electron chi connectivity index (χ3n) is 5.50. The molecule has 23 heavy (non-hydrogen) atoms. The predicted molar refractivity (Wildman–Crippen MR) is 92.4 cm³/mol. The Bertz CT molecular complexity index is 569. The fourth-order valence-corrected chi connectivity index (χ4v) is 4.25. The van der Waals surface area contributed by atoms with Crippen LogP contribution in [0, 0.1) is 11.8 Å². The summed E-state index contributed by atoms with van der Waals surface area (Å²) >= 11 is 1.51. The van der Waals surface area contributed by atoms with E-state index < -0.39 is 0 Å². The second kappa shape index (κ2) is 6.83. The summed E-state index contributed by atoms with van der Waals surface area (Å²) in [5.74, 6) is 3.01. The molecule has 0 aliphatic heterocycles. The molecule has 1 amide bonds. The molecule has 0 unspecified atom stereocenters. The highest BCUT2D eigenvalue weighted by Crippen LogP contribution is 2.39. The Morgan fingerprint density at radius 3 is 2.70 bits per heavy atom. The average molecular weight is 337 g/mol. The molecule has 2 aliphatic carbocycles. The van der Waals surface area contributed by atoms with Gasteiger partial charge in [0.1, 0.15) is 5.82 Å². The standard InChI is InChI=1S/C17H28N4OS/c1-10-6-5-7-14(11(10)2)18-16(22)12(3)23-17-20-19-15(21(17)4)13-8-9-13/h10-14H,5-9H2,1-4H3,(H,18,22)/t10-,11-,12-,14-/m1/s1. The number of hydrogen-bond donors (Lipinski definition) is 1. The van der Waals surface area contributed by atoms with Gasteiger partial charge in [-0.15, -0.1) is 10.2 Å². The van der Waals surface area contributed by atoms with Crippen LogP contribution in [0.1, 0.15) is 64.6 Å². The summed E-state index contributed by atoms with van der Waals surface area (Å²) in [5.41, 5.74) is 0. The first kappa shape index (κ1) is 16.8. The number of nitrogens with one attached hydrogen (secondary N) is 1. The third-order valence-corrected chi connectivity index (χ3v) is 6.63.